The molecule has 0 saturated carbocycles. The Labute approximate surface area is 145 Å². The molecule has 2 N–H and O–H groups in total. The van der Waals surface area contributed by atoms with Gasteiger partial charge in [-0.1, -0.05) is 23.7 Å². The van der Waals surface area contributed by atoms with Gasteiger partial charge >= 0.3 is 0 Å². The molecule has 1 atom stereocenters. The molecule has 1 unspecified atom stereocenters. The number of benzene rings is 2. The number of carbonyl (C=O) groups is 2. The van der Waals surface area contributed by atoms with E-state index in [0.717, 1.165) is 5.56 Å². The molecule has 24 heavy (non-hydrogen) atoms. The summed E-state index contributed by atoms with van der Waals surface area (Å²) in [5, 5.41) is 6.24. The van der Waals surface area contributed by atoms with Crippen molar-refractivity contribution in [3.05, 3.63) is 53.1 Å². The fraction of sp³-hybridized carbons (Fsp3) is 0.222. The fourth-order valence-electron chi connectivity index (χ4n) is 2.46. The number of halogens is 1. The zero-order valence-corrected chi connectivity index (χ0v) is 13.9. The van der Waals surface area contributed by atoms with Crippen LogP contribution in [0.2, 0.25) is 5.02 Å². The van der Waals surface area contributed by atoms with E-state index in [-0.39, 0.29) is 11.8 Å². The van der Waals surface area contributed by atoms with Crippen LogP contribution in [0.1, 0.15) is 18.9 Å². The molecule has 2 aromatic carbocycles. The molecular formula is C18H17ClN2O3. The van der Waals surface area contributed by atoms with Crippen molar-refractivity contribution in [2.75, 3.05) is 10.6 Å². The third-order valence-electron chi connectivity index (χ3n) is 3.72. The second-order valence-corrected chi connectivity index (χ2v) is 6.07. The Morgan fingerprint density at radius 2 is 2.12 bits per heavy atom. The van der Waals surface area contributed by atoms with Crippen molar-refractivity contribution in [1.82, 2.24) is 0 Å². The zero-order valence-electron chi connectivity index (χ0n) is 13.1. The van der Waals surface area contributed by atoms with Gasteiger partial charge in [0.05, 0.1) is 5.69 Å². The van der Waals surface area contributed by atoms with E-state index in [2.05, 4.69) is 10.6 Å². The summed E-state index contributed by atoms with van der Waals surface area (Å²) in [6.07, 6.45) is 0.432. The zero-order chi connectivity index (χ0) is 17.1. The Kier molecular flexibility index (Phi) is 4.71. The maximum atomic E-state index is 12.1. The maximum Gasteiger partial charge on any atom is 0.265 e. The summed E-state index contributed by atoms with van der Waals surface area (Å²) >= 11 is 5.93. The van der Waals surface area contributed by atoms with E-state index >= 15 is 0 Å². The average Bonchev–Trinajstić information content (AvgIpc) is 2.54. The van der Waals surface area contributed by atoms with Gasteiger partial charge in [0.2, 0.25) is 5.91 Å². The predicted octanol–water partition coefficient (Wildman–Crippen LogP) is 3.63. The molecule has 0 bridgehead atoms. The molecule has 0 aliphatic carbocycles. The van der Waals surface area contributed by atoms with E-state index in [1.807, 2.05) is 18.2 Å². The number of aryl methyl sites for hydroxylation is 1. The molecule has 0 aromatic heterocycles. The van der Waals surface area contributed by atoms with Gasteiger partial charge in [-0.2, -0.15) is 0 Å². The third-order valence-corrected chi connectivity index (χ3v) is 3.96. The molecule has 124 valence electrons. The van der Waals surface area contributed by atoms with Crippen LogP contribution in [0.25, 0.3) is 0 Å². The number of amides is 2. The Bertz CT molecular complexity index is 792. The molecule has 1 heterocycles. The standard InChI is InChI=1S/C18H17ClN2O3/c1-11-18(23)21-15-10-14(6-7-16(15)24-11)20-17(22)8-5-12-3-2-4-13(19)9-12/h2-4,6-7,9-11H,5,8H2,1H3,(H,20,22)(H,21,23). The van der Waals surface area contributed by atoms with Gasteiger partial charge in [-0.3, -0.25) is 9.59 Å². The molecule has 0 radical (unpaired) electrons. The van der Waals surface area contributed by atoms with Crippen LogP contribution in [0, 0.1) is 0 Å². The van der Waals surface area contributed by atoms with E-state index in [4.69, 9.17) is 16.3 Å². The second-order valence-electron chi connectivity index (χ2n) is 5.64. The van der Waals surface area contributed by atoms with Gasteiger partial charge in [0.1, 0.15) is 5.75 Å². The van der Waals surface area contributed by atoms with Crippen LogP contribution in [0.15, 0.2) is 42.5 Å². The van der Waals surface area contributed by atoms with Gasteiger partial charge in [0.25, 0.3) is 5.91 Å². The first-order chi connectivity index (χ1) is 11.5. The van der Waals surface area contributed by atoms with Gasteiger partial charge in [0.15, 0.2) is 6.10 Å². The van der Waals surface area contributed by atoms with Crippen molar-refractivity contribution in [1.29, 1.82) is 0 Å². The molecule has 2 amide bonds. The van der Waals surface area contributed by atoms with Gasteiger partial charge in [0, 0.05) is 17.1 Å². The third kappa shape index (κ3) is 3.86. The topological polar surface area (TPSA) is 67.4 Å². The van der Waals surface area contributed by atoms with Crippen molar-refractivity contribution in [2.24, 2.45) is 0 Å². The second kappa shape index (κ2) is 6.93. The highest BCUT2D eigenvalue weighted by Gasteiger charge is 2.23. The highest BCUT2D eigenvalue weighted by atomic mass is 35.5. The Morgan fingerprint density at radius 3 is 2.92 bits per heavy atom. The summed E-state index contributed by atoms with van der Waals surface area (Å²) < 4.78 is 5.48. The number of ether oxygens (including phenoxy) is 1. The first-order valence-electron chi connectivity index (χ1n) is 7.67. The summed E-state index contributed by atoms with van der Waals surface area (Å²) in [7, 11) is 0. The highest BCUT2D eigenvalue weighted by molar-refractivity contribution is 6.30. The molecule has 5 nitrogen and oxygen atoms in total. The minimum absolute atomic E-state index is 0.105. The lowest BCUT2D eigenvalue weighted by molar-refractivity contribution is -0.122. The smallest absolute Gasteiger partial charge is 0.265 e. The van der Waals surface area contributed by atoms with Gasteiger partial charge in [-0.15, -0.1) is 0 Å². The van der Waals surface area contributed by atoms with Crippen LogP contribution in [0.3, 0.4) is 0 Å². The molecule has 3 rings (SSSR count). The minimum Gasteiger partial charge on any atom is -0.479 e. The Balaban J connectivity index is 1.61. The van der Waals surface area contributed by atoms with Gasteiger partial charge in [-0.05, 0) is 49.2 Å². The fourth-order valence-corrected chi connectivity index (χ4v) is 2.67. The number of carbonyl (C=O) groups excluding carboxylic acids is 2. The maximum absolute atomic E-state index is 12.1. The molecule has 1 aliphatic heterocycles. The van der Waals surface area contributed by atoms with Crippen LogP contribution < -0.4 is 15.4 Å². The Hall–Kier alpha value is -2.53. The Morgan fingerprint density at radius 1 is 1.29 bits per heavy atom. The molecule has 6 heteroatoms. The van der Waals surface area contributed by atoms with Crippen LogP contribution in [-0.2, 0) is 16.0 Å². The monoisotopic (exact) mass is 344 g/mol. The minimum atomic E-state index is -0.518. The lowest BCUT2D eigenvalue weighted by Crippen LogP contribution is -2.34. The predicted molar refractivity (Wildman–Crippen MR) is 93.6 cm³/mol. The molecule has 1 aliphatic rings. The van der Waals surface area contributed by atoms with Crippen molar-refractivity contribution >= 4 is 34.8 Å². The number of rotatable bonds is 4. The average molecular weight is 345 g/mol. The van der Waals surface area contributed by atoms with E-state index in [0.29, 0.717) is 35.0 Å². The number of nitrogens with one attached hydrogen (secondary N) is 2. The first kappa shape index (κ1) is 16.3. The molecule has 0 saturated heterocycles. The number of hydrogen-bond acceptors (Lipinski definition) is 3. The summed E-state index contributed by atoms with van der Waals surface area (Å²) in [4.78, 5) is 23.7. The normalized spacial score (nSPS) is 15.9. The van der Waals surface area contributed by atoms with Crippen LogP contribution >= 0.6 is 11.6 Å². The van der Waals surface area contributed by atoms with Crippen molar-refractivity contribution in [3.8, 4) is 5.75 Å². The number of fused-ring (bicyclic) bond motifs is 1. The molecule has 0 fully saturated rings. The first-order valence-corrected chi connectivity index (χ1v) is 8.05. The van der Waals surface area contributed by atoms with Gasteiger partial charge < -0.3 is 15.4 Å². The largest absolute Gasteiger partial charge is 0.479 e. The molecular weight excluding hydrogens is 328 g/mol. The SMILES string of the molecule is CC1Oc2ccc(NC(=O)CCc3cccc(Cl)c3)cc2NC1=O. The van der Waals surface area contributed by atoms with Crippen molar-refractivity contribution in [2.45, 2.75) is 25.9 Å². The summed E-state index contributed by atoms with van der Waals surface area (Å²) in [5.74, 6) is 0.289. The van der Waals surface area contributed by atoms with Crippen LogP contribution in [0.4, 0.5) is 11.4 Å². The lowest BCUT2D eigenvalue weighted by Gasteiger charge is -2.23. The molecule has 2 aromatic rings. The highest BCUT2D eigenvalue weighted by Crippen LogP contribution is 2.32. The van der Waals surface area contributed by atoms with E-state index < -0.39 is 6.10 Å². The van der Waals surface area contributed by atoms with Crippen LogP contribution in [0.5, 0.6) is 5.75 Å². The molecule has 0 spiro atoms. The quantitative estimate of drug-likeness (QED) is 0.890. The van der Waals surface area contributed by atoms with E-state index in [1.165, 1.54) is 0 Å². The van der Waals surface area contributed by atoms with Crippen LogP contribution in [-0.4, -0.2) is 17.9 Å². The van der Waals surface area contributed by atoms with E-state index in [1.54, 1.807) is 31.2 Å². The van der Waals surface area contributed by atoms with Crippen molar-refractivity contribution < 1.29 is 14.3 Å². The lowest BCUT2D eigenvalue weighted by atomic mass is 10.1. The summed E-state index contributed by atoms with van der Waals surface area (Å²) in [6.45, 7) is 1.68. The summed E-state index contributed by atoms with van der Waals surface area (Å²) in [5.41, 5.74) is 2.19. The number of hydrogen-bond donors (Lipinski definition) is 2. The van der Waals surface area contributed by atoms with Crippen molar-refractivity contribution in [3.63, 3.8) is 0 Å². The van der Waals surface area contributed by atoms with E-state index in [9.17, 15) is 9.59 Å². The number of anilines is 2. The summed E-state index contributed by atoms with van der Waals surface area (Å²) in [6, 6.07) is 12.6. The van der Waals surface area contributed by atoms with Gasteiger partial charge in [-0.25, -0.2) is 0 Å².